The summed E-state index contributed by atoms with van der Waals surface area (Å²) in [6, 6.07) is 22.8. The number of hydrogen-bond donors (Lipinski definition) is 1. The van der Waals surface area contributed by atoms with E-state index in [-0.39, 0.29) is 23.5 Å². The molecule has 0 spiro atoms. The Balaban J connectivity index is 1.24. The molecule has 0 radical (unpaired) electrons. The van der Waals surface area contributed by atoms with E-state index in [1.807, 2.05) is 54.6 Å². The summed E-state index contributed by atoms with van der Waals surface area (Å²) in [6.45, 7) is 4.94. The molecule has 1 heterocycles. The maximum absolute atomic E-state index is 13.4. The van der Waals surface area contributed by atoms with Gasteiger partial charge < -0.3 is 10.2 Å². The fraction of sp³-hybridized carbons (Fsp3) is 0.321. The lowest BCUT2D eigenvalue weighted by Gasteiger charge is -2.34. The Hall–Kier alpha value is -3.09. The molecule has 3 aromatic carbocycles. The zero-order chi connectivity index (χ0) is 23.8. The van der Waals surface area contributed by atoms with Crippen molar-refractivity contribution in [1.29, 1.82) is 0 Å². The van der Waals surface area contributed by atoms with Crippen LogP contribution in [-0.4, -0.2) is 55.0 Å². The van der Waals surface area contributed by atoms with Crippen molar-refractivity contribution >= 4 is 11.6 Å². The van der Waals surface area contributed by atoms with E-state index >= 15 is 0 Å². The van der Waals surface area contributed by atoms with Gasteiger partial charge in [0.25, 0.3) is 0 Å². The lowest BCUT2D eigenvalue weighted by Crippen LogP contribution is -2.48. The number of piperazine rings is 1. The predicted octanol–water partition coefficient (Wildman–Crippen LogP) is 5.13. The Bertz CT molecular complexity index is 988. The third-order valence-corrected chi connectivity index (χ3v) is 6.40. The van der Waals surface area contributed by atoms with Gasteiger partial charge in [-0.05, 0) is 66.9 Å². The van der Waals surface area contributed by atoms with Crippen LogP contribution in [0.1, 0.15) is 29.9 Å². The Morgan fingerprint density at radius 2 is 1.29 bits per heavy atom. The third-order valence-electron chi connectivity index (χ3n) is 6.40. The summed E-state index contributed by atoms with van der Waals surface area (Å²) in [7, 11) is 0. The van der Waals surface area contributed by atoms with E-state index in [0.717, 1.165) is 62.4 Å². The SMILES string of the molecule is O=C(CN1CCN(CCCC(c2ccc(F)cc2)c2ccc(F)cc2)CC1)Nc1ccccc1. The van der Waals surface area contributed by atoms with Gasteiger partial charge in [-0.2, -0.15) is 0 Å². The van der Waals surface area contributed by atoms with Crippen LogP contribution in [0, 0.1) is 11.6 Å². The quantitative estimate of drug-likeness (QED) is 0.478. The van der Waals surface area contributed by atoms with Gasteiger partial charge in [0, 0.05) is 37.8 Å². The van der Waals surface area contributed by atoms with Crippen LogP contribution >= 0.6 is 0 Å². The van der Waals surface area contributed by atoms with Crippen LogP contribution < -0.4 is 5.32 Å². The molecule has 4 nitrogen and oxygen atoms in total. The maximum atomic E-state index is 13.4. The summed E-state index contributed by atoms with van der Waals surface area (Å²) in [6.07, 6.45) is 1.88. The minimum Gasteiger partial charge on any atom is -0.325 e. The first-order valence-electron chi connectivity index (χ1n) is 11.9. The first-order valence-corrected chi connectivity index (χ1v) is 11.9. The molecule has 0 atom stereocenters. The van der Waals surface area contributed by atoms with Crippen molar-refractivity contribution in [2.24, 2.45) is 0 Å². The summed E-state index contributed by atoms with van der Waals surface area (Å²) in [5.74, 6) is -0.390. The predicted molar refractivity (Wildman–Crippen MR) is 132 cm³/mol. The van der Waals surface area contributed by atoms with E-state index in [1.165, 1.54) is 24.3 Å². The highest BCUT2D eigenvalue weighted by atomic mass is 19.1. The summed E-state index contributed by atoms with van der Waals surface area (Å²) in [5.41, 5.74) is 2.91. The second kappa shape index (κ2) is 11.9. The highest BCUT2D eigenvalue weighted by molar-refractivity contribution is 5.92. The number of carbonyl (C=O) groups excluding carboxylic acids is 1. The number of nitrogens with zero attached hydrogens (tertiary/aromatic N) is 2. The summed E-state index contributed by atoms with van der Waals surface area (Å²) in [4.78, 5) is 16.9. The molecule has 0 bridgehead atoms. The first kappa shape index (κ1) is 24.0. The third kappa shape index (κ3) is 6.95. The maximum Gasteiger partial charge on any atom is 0.238 e. The van der Waals surface area contributed by atoms with Crippen LogP contribution in [0.4, 0.5) is 14.5 Å². The van der Waals surface area contributed by atoms with Crippen molar-refractivity contribution in [3.8, 4) is 0 Å². The molecule has 34 heavy (non-hydrogen) atoms. The van der Waals surface area contributed by atoms with Crippen molar-refractivity contribution in [3.05, 3.63) is 102 Å². The van der Waals surface area contributed by atoms with Gasteiger partial charge in [-0.1, -0.05) is 42.5 Å². The van der Waals surface area contributed by atoms with E-state index < -0.39 is 0 Å². The van der Waals surface area contributed by atoms with Gasteiger partial charge in [0.05, 0.1) is 6.54 Å². The van der Waals surface area contributed by atoms with E-state index in [1.54, 1.807) is 0 Å². The first-order chi connectivity index (χ1) is 16.6. The molecular weight excluding hydrogens is 432 g/mol. The molecule has 1 N–H and O–H groups in total. The van der Waals surface area contributed by atoms with Crippen molar-refractivity contribution < 1.29 is 13.6 Å². The van der Waals surface area contributed by atoms with Crippen molar-refractivity contribution in [1.82, 2.24) is 9.80 Å². The molecule has 1 aliphatic heterocycles. The Morgan fingerprint density at radius 1 is 0.765 bits per heavy atom. The van der Waals surface area contributed by atoms with Crippen molar-refractivity contribution in [2.45, 2.75) is 18.8 Å². The monoisotopic (exact) mass is 463 g/mol. The summed E-state index contributed by atoms with van der Waals surface area (Å²) >= 11 is 0. The molecule has 1 amide bonds. The summed E-state index contributed by atoms with van der Waals surface area (Å²) in [5, 5.41) is 2.94. The number of amides is 1. The fourth-order valence-electron chi connectivity index (χ4n) is 4.53. The Labute approximate surface area is 200 Å². The molecular formula is C28H31F2N3O. The summed E-state index contributed by atoms with van der Waals surface area (Å²) < 4.78 is 26.9. The molecule has 0 saturated carbocycles. The van der Waals surface area contributed by atoms with Gasteiger partial charge in [0.15, 0.2) is 0 Å². The average molecular weight is 464 g/mol. The molecule has 178 valence electrons. The molecule has 1 saturated heterocycles. The highest BCUT2D eigenvalue weighted by Gasteiger charge is 2.20. The molecule has 1 aliphatic rings. The number of benzene rings is 3. The van der Waals surface area contributed by atoms with Crippen LogP contribution in [0.25, 0.3) is 0 Å². The largest absolute Gasteiger partial charge is 0.325 e. The number of halogens is 2. The molecule has 0 aromatic heterocycles. The van der Waals surface area contributed by atoms with Gasteiger partial charge in [-0.3, -0.25) is 9.69 Å². The van der Waals surface area contributed by atoms with Crippen molar-refractivity contribution in [3.63, 3.8) is 0 Å². The zero-order valence-electron chi connectivity index (χ0n) is 19.3. The van der Waals surface area contributed by atoms with E-state index in [2.05, 4.69) is 15.1 Å². The molecule has 0 aliphatic carbocycles. The minimum atomic E-state index is -0.253. The average Bonchev–Trinajstić information content (AvgIpc) is 2.85. The Kier molecular flexibility index (Phi) is 8.39. The van der Waals surface area contributed by atoms with Crippen LogP contribution in [0.15, 0.2) is 78.9 Å². The second-order valence-electron chi connectivity index (χ2n) is 8.83. The van der Waals surface area contributed by atoms with Gasteiger partial charge >= 0.3 is 0 Å². The molecule has 6 heteroatoms. The van der Waals surface area contributed by atoms with Gasteiger partial charge in [-0.25, -0.2) is 8.78 Å². The smallest absolute Gasteiger partial charge is 0.238 e. The van der Waals surface area contributed by atoms with Crippen LogP contribution in [-0.2, 0) is 4.79 Å². The van der Waals surface area contributed by atoms with E-state index in [9.17, 15) is 13.6 Å². The van der Waals surface area contributed by atoms with Crippen LogP contribution in [0.2, 0.25) is 0 Å². The molecule has 3 aromatic rings. The van der Waals surface area contributed by atoms with E-state index in [0.29, 0.717) is 6.54 Å². The fourth-order valence-corrected chi connectivity index (χ4v) is 4.53. The Morgan fingerprint density at radius 3 is 1.85 bits per heavy atom. The molecule has 0 unspecified atom stereocenters. The number of rotatable bonds is 9. The lowest BCUT2D eigenvalue weighted by molar-refractivity contribution is -0.117. The highest BCUT2D eigenvalue weighted by Crippen LogP contribution is 2.30. The second-order valence-corrected chi connectivity index (χ2v) is 8.83. The minimum absolute atomic E-state index is 0.0149. The molecule has 1 fully saturated rings. The van der Waals surface area contributed by atoms with Gasteiger partial charge in [0.2, 0.25) is 5.91 Å². The number of carbonyl (C=O) groups is 1. The van der Waals surface area contributed by atoms with E-state index in [4.69, 9.17) is 0 Å². The topological polar surface area (TPSA) is 35.6 Å². The lowest BCUT2D eigenvalue weighted by atomic mass is 9.87. The van der Waals surface area contributed by atoms with Gasteiger partial charge in [0.1, 0.15) is 11.6 Å². The number of anilines is 1. The van der Waals surface area contributed by atoms with Crippen molar-refractivity contribution in [2.75, 3.05) is 44.6 Å². The van der Waals surface area contributed by atoms with Crippen LogP contribution in [0.3, 0.4) is 0 Å². The zero-order valence-corrected chi connectivity index (χ0v) is 19.3. The number of nitrogens with one attached hydrogen (secondary N) is 1. The number of hydrogen-bond acceptors (Lipinski definition) is 3. The van der Waals surface area contributed by atoms with Crippen LogP contribution in [0.5, 0.6) is 0 Å². The normalized spacial score (nSPS) is 14.9. The standard InChI is InChI=1S/C28H31F2N3O/c29-24-12-8-22(9-13-24)27(23-10-14-25(30)15-11-23)7-4-16-32-17-19-33(20-18-32)21-28(34)31-26-5-2-1-3-6-26/h1-3,5-6,8-15,27H,4,7,16-21H2,(H,31,34). The number of para-hydroxylation sites is 1. The molecule has 4 rings (SSSR count). The van der Waals surface area contributed by atoms with Gasteiger partial charge in [-0.15, -0.1) is 0 Å².